The smallest absolute Gasteiger partial charge is 0.339 e. The number of rotatable bonds is 20. The van der Waals surface area contributed by atoms with E-state index in [0.29, 0.717) is 12.5 Å². The van der Waals surface area contributed by atoms with Crippen LogP contribution in [-0.2, 0) is 61.4 Å². The van der Waals surface area contributed by atoms with Crippen LogP contribution < -0.4 is 0 Å². The summed E-state index contributed by atoms with van der Waals surface area (Å²) >= 11 is 0. The zero-order valence-electron chi connectivity index (χ0n) is 30.0. The van der Waals surface area contributed by atoms with Crippen LogP contribution in [0.5, 0.6) is 0 Å². The molecule has 0 saturated carbocycles. The van der Waals surface area contributed by atoms with Gasteiger partial charge in [0.15, 0.2) is 22.2 Å². The Morgan fingerprint density at radius 1 is 0.571 bits per heavy atom. The molecule has 266 valence electrons. The van der Waals surface area contributed by atoms with Gasteiger partial charge in [0, 0.05) is 6.61 Å². The molecule has 0 saturated heterocycles. The van der Waals surface area contributed by atoms with E-state index in [-0.39, 0.29) is 26.4 Å². The summed E-state index contributed by atoms with van der Waals surface area (Å²) in [5.41, 5.74) is 0.346. The Bertz CT molecular complexity index is 1400. The van der Waals surface area contributed by atoms with Crippen LogP contribution in [0.1, 0.15) is 36.0 Å². The number of esters is 3. The minimum Gasteiger partial charge on any atom is -0.461 e. The molecule has 3 aromatic carbocycles. The van der Waals surface area contributed by atoms with Gasteiger partial charge in [-0.2, -0.15) is 0 Å². The first-order valence-electron chi connectivity index (χ1n) is 16.7. The van der Waals surface area contributed by atoms with Crippen LogP contribution in [0.3, 0.4) is 0 Å². The van der Waals surface area contributed by atoms with E-state index < -0.39 is 61.5 Å². The van der Waals surface area contributed by atoms with Gasteiger partial charge in [-0.3, -0.25) is 9.59 Å². The maximum Gasteiger partial charge on any atom is 0.339 e. The van der Waals surface area contributed by atoms with E-state index in [1.807, 2.05) is 91.0 Å². The lowest BCUT2D eigenvalue weighted by molar-refractivity contribution is -0.187. The van der Waals surface area contributed by atoms with Crippen LogP contribution in [0.4, 0.5) is 0 Å². The molecule has 0 aliphatic rings. The van der Waals surface area contributed by atoms with Crippen LogP contribution in [-0.4, -0.2) is 55.3 Å². The fourth-order valence-corrected chi connectivity index (χ4v) is 18.7. The lowest BCUT2D eigenvalue weighted by Gasteiger charge is -2.37. The number of ether oxygens (including phenoxy) is 4. The molecule has 0 aliphatic carbocycles. The molecule has 12 heteroatoms. The molecule has 9 nitrogen and oxygen atoms in total. The Labute approximate surface area is 294 Å². The molecular weight excluding hydrogens is 673 g/mol. The second-order valence-electron chi connectivity index (χ2n) is 14.1. The Morgan fingerprint density at radius 2 is 0.980 bits per heavy atom. The molecule has 0 radical (unpaired) electrons. The van der Waals surface area contributed by atoms with Gasteiger partial charge < -0.3 is 27.2 Å². The van der Waals surface area contributed by atoms with Gasteiger partial charge in [0.2, 0.25) is 0 Å². The average Bonchev–Trinajstić information content (AvgIpc) is 3.03. The van der Waals surface area contributed by atoms with Crippen molar-refractivity contribution in [3.05, 3.63) is 108 Å². The van der Waals surface area contributed by atoms with Gasteiger partial charge >= 0.3 is 26.5 Å². The predicted molar refractivity (Wildman–Crippen MR) is 197 cm³/mol. The zero-order chi connectivity index (χ0) is 36.0. The quantitative estimate of drug-likeness (QED) is 0.0497. The minimum atomic E-state index is -2.36. The Balaban J connectivity index is 1.81. The van der Waals surface area contributed by atoms with E-state index in [1.165, 1.54) is 0 Å². The molecule has 0 amide bonds. The second-order valence-corrected chi connectivity index (χ2v) is 26.8. The molecule has 0 atom stereocenters. The van der Waals surface area contributed by atoms with Crippen molar-refractivity contribution in [3.63, 3.8) is 0 Å². The van der Waals surface area contributed by atoms with Crippen molar-refractivity contribution in [2.75, 3.05) is 6.61 Å². The van der Waals surface area contributed by atoms with Crippen LogP contribution in [0.2, 0.25) is 51.9 Å². The highest BCUT2D eigenvalue weighted by Crippen LogP contribution is 2.29. The number of carbonyl (C=O) groups is 3. The van der Waals surface area contributed by atoms with Gasteiger partial charge in [-0.05, 0) is 75.0 Å². The van der Waals surface area contributed by atoms with E-state index in [2.05, 4.69) is 45.8 Å². The monoisotopic (exact) mass is 724 g/mol. The van der Waals surface area contributed by atoms with Gasteiger partial charge in [-0.25, -0.2) is 4.79 Å². The third kappa shape index (κ3) is 15.4. The van der Waals surface area contributed by atoms with E-state index in [9.17, 15) is 14.4 Å². The summed E-state index contributed by atoms with van der Waals surface area (Å²) in [6.45, 7) is 14.9. The van der Waals surface area contributed by atoms with Crippen LogP contribution >= 0.6 is 0 Å². The highest BCUT2D eigenvalue weighted by atomic mass is 28.5. The number of hydrogen-bond donors (Lipinski definition) is 0. The van der Waals surface area contributed by atoms with E-state index >= 15 is 0 Å². The van der Waals surface area contributed by atoms with Crippen molar-refractivity contribution in [1.82, 2.24) is 0 Å². The average molecular weight is 725 g/mol. The highest BCUT2D eigenvalue weighted by molar-refractivity contribution is 6.87. The van der Waals surface area contributed by atoms with Gasteiger partial charge in [0.1, 0.15) is 19.8 Å². The van der Waals surface area contributed by atoms with Gasteiger partial charge in [-0.15, -0.1) is 0 Å². The summed E-state index contributed by atoms with van der Waals surface area (Å²) in [5.74, 6) is -2.24. The molecule has 49 heavy (non-hydrogen) atoms. The normalized spacial score (nSPS) is 12.3. The lowest BCUT2D eigenvalue weighted by Crippen LogP contribution is -2.51. The number of benzene rings is 3. The molecule has 0 fully saturated rings. The molecule has 3 rings (SSSR count). The predicted octanol–water partition coefficient (Wildman–Crippen LogP) is 7.92. The largest absolute Gasteiger partial charge is 0.461 e. The Hall–Kier alpha value is -3.40. The maximum atomic E-state index is 14.0. The summed E-state index contributed by atoms with van der Waals surface area (Å²) in [6, 6.07) is 28.3. The van der Waals surface area contributed by atoms with E-state index in [4.69, 9.17) is 27.2 Å². The summed E-state index contributed by atoms with van der Waals surface area (Å²) in [5, 5.41) is 0. The van der Waals surface area contributed by atoms with Crippen molar-refractivity contribution in [2.24, 2.45) is 0 Å². The van der Waals surface area contributed by atoms with E-state index in [1.54, 1.807) is 0 Å². The topological polar surface area (TPSA) is 107 Å². The van der Waals surface area contributed by atoms with Crippen LogP contribution in [0, 0.1) is 0 Å². The molecule has 0 unspecified atom stereocenters. The molecule has 0 aromatic heterocycles. The second kappa shape index (κ2) is 18.6. The first kappa shape index (κ1) is 40.0. The number of carbonyl (C=O) groups excluding carboxylic acids is 3. The van der Waals surface area contributed by atoms with E-state index in [0.717, 1.165) is 16.7 Å². The molecule has 0 spiro atoms. The van der Waals surface area contributed by atoms with Crippen molar-refractivity contribution in [3.8, 4) is 0 Å². The SMILES string of the molecule is C[Si](C)(C)O[Si](C)(C)O[Si](C)(C)CCCOC(CC(=O)OCc1ccccc1)(CC(=O)OCc1ccccc1)C(=O)OCc1ccccc1. The summed E-state index contributed by atoms with van der Waals surface area (Å²) in [6.07, 6.45) is -0.535. The zero-order valence-corrected chi connectivity index (χ0v) is 33.0. The lowest BCUT2D eigenvalue weighted by atomic mass is 9.94. The van der Waals surface area contributed by atoms with Crippen LogP contribution in [0.15, 0.2) is 91.0 Å². The third-order valence-electron chi connectivity index (χ3n) is 7.31. The summed E-state index contributed by atoms with van der Waals surface area (Å²) < 4.78 is 36.2. The van der Waals surface area contributed by atoms with Crippen LogP contribution in [0.25, 0.3) is 0 Å². The first-order valence-corrected chi connectivity index (χ1v) is 26.1. The minimum absolute atomic E-state index is 0.00354. The molecule has 0 heterocycles. The highest BCUT2D eigenvalue weighted by Gasteiger charge is 2.47. The Kier molecular flexibility index (Phi) is 15.2. The van der Waals surface area contributed by atoms with Crippen molar-refractivity contribution >= 4 is 43.1 Å². The van der Waals surface area contributed by atoms with Gasteiger partial charge in [-0.1, -0.05) is 91.0 Å². The molecular formula is C37H52O9Si3. The standard InChI is InChI=1S/C37H52O9Si3/c1-47(2,3)45-49(6,7)46-48(4,5)25-17-24-44-37(36(40)43-30-33-22-15-10-16-23-33,26-34(38)41-28-31-18-11-8-12-19-31)27-35(39)42-29-32-20-13-9-14-21-32/h8-16,18-23H,17,24-30H2,1-7H3. The summed E-state index contributed by atoms with van der Waals surface area (Å²) in [4.78, 5) is 40.7. The first-order chi connectivity index (χ1) is 23.1. The third-order valence-corrected chi connectivity index (χ3v) is 17.5. The van der Waals surface area contributed by atoms with Crippen molar-refractivity contribution < 1.29 is 41.6 Å². The number of hydrogen-bond acceptors (Lipinski definition) is 9. The van der Waals surface area contributed by atoms with Gasteiger partial charge in [0.25, 0.3) is 0 Å². The molecule has 0 N–H and O–H groups in total. The maximum absolute atomic E-state index is 14.0. The fraction of sp³-hybridized carbons (Fsp3) is 0.432. The molecule has 3 aromatic rings. The Morgan fingerprint density at radius 3 is 1.39 bits per heavy atom. The van der Waals surface area contributed by atoms with Crippen molar-refractivity contribution in [1.29, 1.82) is 0 Å². The molecule has 0 bridgehead atoms. The fourth-order valence-electron chi connectivity index (χ4n) is 5.51. The summed E-state index contributed by atoms with van der Waals surface area (Å²) in [7, 11) is -6.36. The van der Waals surface area contributed by atoms with Gasteiger partial charge in [0.05, 0.1) is 12.8 Å². The van der Waals surface area contributed by atoms with Crippen molar-refractivity contribution in [2.45, 2.75) is 96.6 Å². The molecule has 0 aliphatic heterocycles.